The van der Waals surface area contributed by atoms with Gasteiger partial charge in [-0.1, -0.05) is 18.2 Å². The van der Waals surface area contributed by atoms with Gasteiger partial charge in [0.25, 0.3) is 0 Å². The zero-order valence-electron chi connectivity index (χ0n) is 16.0. The van der Waals surface area contributed by atoms with Gasteiger partial charge in [-0.15, -0.1) is 24.0 Å². The minimum Gasteiger partial charge on any atom is -0.357 e. The number of nitrogens with one attached hydrogen (secondary N) is 1. The van der Waals surface area contributed by atoms with Gasteiger partial charge in [0.15, 0.2) is 5.96 Å². The molecule has 0 spiro atoms. The molecule has 0 saturated carbocycles. The minimum absolute atomic E-state index is 0. The van der Waals surface area contributed by atoms with Gasteiger partial charge < -0.3 is 14.8 Å². The average Bonchev–Trinajstić information content (AvgIpc) is 3.31. The maximum atomic E-state index is 4.85. The highest BCUT2D eigenvalue weighted by Gasteiger charge is 2.09. The second-order valence-corrected chi connectivity index (χ2v) is 6.22. The molecule has 2 heterocycles. The van der Waals surface area contributed by atoms with Crippen LogP contribution in [0.2, 0.25) is 0 Å². The van der Waals surface area contributed by atoms with E-state index in [1.54, 1.807) is 6.20 Å². The van der Waals surface area contributed by atoms with Gasteiger partial charge >= 0.3 is 0 Å². The fourth-order valence-electron chi connectivity index (χ4n) is 2.89. The summed E-state index contributed by atoms with van der Waals surface area (Å²) in [7, 11) is 4.13. The third-order valence-electron chi connectivity index (χ3n) is 4.29. The highest BCUT2D eigenvalue weighted by molar-refractivity contribution is 14.0. The zero-order valence-corrected chi connectivity index (χ0v) is 18.4. The van der Waals surface area contributed by atoms with Crippen LogP contribution in [0.3, 0.4) is 0 Å². The van der Waals surface area contributed by atoms with Gasteiger partial charge in [-0.25, -0.2) is 9.67 Å². The van der Waals surface area contributed by atoms with Crippen LogP contribution in [0.15, 0.2) is 66.0 Å². The summed E-state index contributed by atoms with van der Waals surface area (Å²) >= 11 is 0. The molecule has 0 saturated heterocycles. The van der Waals surface area contributed by atoms with E-state index in [9.17, 15) is 0 Å². The van der Waals surface area contributed by atoms with Crippen molar-refractivity contribution in [3.63, 3.8) is 0 Å². The lowest BCUT2D eigenvalue weighted by Crippen LogP contribution is -2.38. The van der Waals surface area contributed by atoms with E-state index in [1.807, 2.05) is 29.1 Å². The molecule has 144 valence electrons. The zero-order chi connectivity index (χ0) is 18.4. The van der Waals surface area contributed by atoms with E-state index in [-0.39, 0.29) is 24.0 Å². The van der Waals surface area contributed by atoms with E-state index >= 15 is 0 Å². The molecule has 1 aromatic carbocycles. The van der Waals surface area contributed by atoms with Gasteiger partial charge in [0.05, 0.1) is 18.8 Å². The number of aromatic nitrogens is 3. The number of halogens is 1. The Labute approximate surface area is 177 Å². The Morgan fingerprint density at radius 2 is 1.96 bits per heavy atom. The van der Waals surface area contributed by atoms with Crippen molar-refractivity contribution in [3.8, 4) is 5.69 Å². The normalized spacial score (nSPS) is 11.1. The molecule has 0 bridgehead atoms. The van der Waals surface area contributed by atoms with Crippen LogP contribution in [0.25, 0.3) is 5.69 Å². The van der Waals surface area contributed by atoms with Crippen LogP contribution < -0.4 is 5.32 Å². The summed E-state index contributed by atoms with van der Waals surface area (Å²) in [6, 6.07) is 14.4. The first kappa shape index (κ1) is 21.0. The number of aliphatic imine (C=N–C) groups is 1. The van der Waals surface area contributed by atoms with E-state index in [0.717, 1.165) is 30.3 Å². The van der Waals surface area contributed by atoms with Crippen molar-refractivity contribution in [2.45, 2.75) is 20.0 Å². The van der Waals surface area contributed by atoms with Crippen LogP contribution in [-0.4, -0.2) is 38.8 Å². The number of aryl methyl sites for hydroxylation is 1. The van der Waals surface area contributed by atoms with Crippen molar-refractivity contribution in [2.75, 3.05) is 13.6 Å². The van der Waals surface area contributed by atoms with Crippen molar-refractivity contribution < 1.29 is 0 Å². The molecule has 2 aromatic heterocycles. The molecule has 0 fully saturated rings. The third-order valence-corrected chi connectivity index (χ3v) is 4.29. The number of guanidine groups is 1. The Bertz CT molecular complexity index is 853. The van der Waals surface area contributed by atoms with Crippen LogP contribution in [-0.2, 0) is 20.1 Å². The summed E-state index contributed by atoms with van der Waals surface area (Å²) < 4.78 is 4.01. The first-order chi connectivity index (χ1) is 12.7. The third kappa shape index (κ3) is 5.35. The van der Waals surface area contributed by atoms with Crippen LogP contribution in [0.5, 0.6) is 0 Å². The SMILES string of the molecule is CCNC(=NCc1ccccc1-n1cccn1)N(C)Cc1cccn1C.I. The number of para-hydroxylation sites is 1. The van der Waals surface area contributed by atoms with E-state index < -0.39 is 0 Å². The summed E-state index contributed by atoms with van der Waals surface area (Å²) in [4.78, 5) is 6.99. The van der Waals surface area contributed by atoms with Crippen molar-refractivity contribution in [2.24, 2.45) is 12.0 Å². The molecule has 27 heavy (non-hydrogen) atoms. The van der Waals surface area contributed by atoms with Gasteiger partial charge in [0.2, 0.25) is 0 Å². The Balaban J connectivity index is 0.00000261. The Morgan fingerprint density at radius 1 is 1.15 bits per heavy atom. The summed E-state index contributed by atoms with van der Waals surface area (Å²) in [6.45, 7) is 4.31. The summed E-state index contributed by atoms with van der Waals surface area (Å²) in [6.07, 6.45) is 5.81. The Hall–Kier alpha value is -2.29. The van der Waals surface area contributed by atoms with Crippen LogP contribution in [0, 0.1) is 0 Å². The minimum atomic E-state index is 0. The standard InChI is InChI=1S/C20H26N6.HI/c1-4-21-20(25(3)16-18-10-7-13-24(18)2)22-15-17-9-5-6-11-19(17)26-14-8-12-23-26;/h5-14H,4,15-16H2,1-3H3,(H,21,22);1H. The monoisotopic (exact) mass is 478 g/mol. The topological polar surface area (TPSA) is 50.4 Å². The average molecular weight is 478 g/mol. The number of hydrogen-bond donors (Lipinski definition) is 1. The van der Waals surface area contributed by atoms with Crippen molar-refractivity contribution in [1.82, 2.24) is 24.6 Å². The molecular weight excluding hydrogens is 451 g/mol. The number of rotatable bonds is 6. The van der Waals surface area contributed by atoms with Gasteiger partial charge in [0.1, 0.15) is 0 Å². The highest BCUT2D eigenvalue weighted by Crippen LogP contribution is 2.15. The second kappa shape index (κ2) is 10.1. The highest BCUT2D eigenvalue weighted by atomic mass is 127. The fraction of sp³-hybridized carbons (Fsp3) is 0.300. The summed E-state index contributed by atoms with van der Waals surface area (Å²) in [5.74, 6) is 0.893. The second-order valence-electron chi connectivity index (χ2n) is 6.22. The molecule has 0 unspecified atom stereocenters. The number of nitrogens with zero attached hydrogens (tertiary/aromatic N) is 5. The Kier molecular flexibility index (Phi) is 7.90. The number of benzene rings is 1. The summed E-state index contributed by atoms with van der Waals surface area (Å²) in [5, 5.41) is 7.73. The first-order valence-electron chi connectivity index (χ1n) is 8.86. The van der Waals surface area contributed by atoms with E-state index in [0.29, 0.717) is 6.54 Å². The molecule has 0 aliphatic rings. The van der Waals surface area contributed by atoms with Crippen LogP contribution in [0.4, 0.5) is 0 Å². The van der Waals surface area contributed by atoms with Gasteiger partial charge in [-0.05, 0) is 36.8 Å². The number of hydrogen-bond acceptors (Lipinski definition) is 2. The lowest BCUT2D eigenvalue weighted by Gasteiger charge is -2.22. The molecule has 0 aliphatic heterocycles. The predicted molar refractivity (Wildman–Crippen MR) is 121 cm³/mol. The smallest absolute Gasteiger partial charge is 0.194 e. The van der Waals surface area contributed by atoms with Crippen molar-refractivity contribution >= 4 is 29.9 Å². The first-order valence-corrected chi connectivity index (χ1v) is 8.86. The molecule has 3 rings (SSSR count). The Morgan fingerprint density at radius 3 is 2.63 bits per heavy atom. The largest absolute Gasteiger partial charge is 0.357 e. The quantitative estimate of drug-likeness (QED) is 0.336. The van der Waals surface area contributed by atoms with Crippen molar-refractivity contribution in [1.29, 1.82) is 0 Å². The van der Waals surface area contributed by atoms with E-state index in [4.69, 9.17) is 4.99 Å². The van der Waals surface area contributed by atoms with E-state index in [1.165, 1.54) is 5.69 Å². The van der Waals surface area contributed by atoms with Gasteiger partial charge in [-0.2, -0.15) is 5.10 Å². The molecule has 0 radical (unpaired) electrons. The van der Waals surface area contributed by atoms with Gasteiger partial charge in [0, 0.05) is 44.9 Å². The lowest BCUT2D eigenvalue weighted by molar-refractivity contribution is 0.462. The molecule has 0 amide bonds. The predicted octanol–water partition coefficient (Wildman–Crippen LogP) is 3.43. The lowest BCUT2D eigenvalue weighted by atomic mass is 10.2. The molecule has 3 aromatic rings. The van der Waals surface area contributed by atoms with Crippen LogP contribution >= 0.6 is 24.0 Å². The van der Waals surface area contributed by atoms with E-state index in [2.05, 4.69) is 71.4 Å². The fourth-order valence-corrected chi connectivity index (χ4v) is 2.89. The van der Waals surface area contributed by atoms with Gasteiger partial charge in [-0.3, -0.25) is 0 Å². The molecule has 1 N–H and O–H groups in total. The van der Waals surface area contributed by atoms with Crippen LogP contribution in [0.1, 0.15) is 18.2 Å². The molecular formula is C20H27IN6. The van der Waals surface area contributed by atoms with Crippen molar-refractivity contribution in [3.05, 3.63) is 72.3 Å². The molecule has 0 atom stereocenters. The maximum Gasteiger partial charge on any atom is 0.194 e. The maximum absolute atomic E-state index is 4.85. The summed E-state index contributed by atoms with van der Waals surface area (Å²) in [5.41, 5.74) is 3.44. The molecule has 0 aliphatic carbocycles. The molecule has 6 nitrogen and oxygen atoms in total. The molecule has 7 heteroatoms.